The number of benzene rings is 2. The predicted molar refractivity (Wildman–Crippen MR) is 90.8 cm³/mol. The standard InChI is InChI=1S/C19H27NO/c1-3-12-20-19(9-6-13-21-2)15-16-10-11-17-7-4-5-8-18(17)14-16/h4-5,7-8,10-11,14,19-20H,3,6,9,12-13,15H2,1-2H3. The summed E-state index contributed by atoms with van der Waals surface area (Å²) in [6.45, 7) is 4.16. The number of ether oxygens (including phenoxy) is 1. The molecule has 0 radical (unpaired) electrons. The quantitative estimate of drug-likeness (QED) is 0.698. The lowest BCUT2D eigenvalue weighted by atomic mass is 9.99. The summed E-state index contributed by atoms with van der Waals surface area (Å²) in [6, 6.07) is 15.9. The summed E-state index contributed by atoms with van der Waals surface area (Å²) in [4.78, 5) is 0. The van der Waals surface area contributed by atoms with Crippen molar-refractivity contribution in [2.75, 3.05) is 20.3 Å². The first kappa shape index (κ1) is 16.0. The number of fused-ring (bicyclic) bond motifs is 1. The highest BCUT2D eigenvalue weighted by Crippen LogP contribution is 2.17. The second-order valence-corrected chi connectivity index (χ2v) is 5.67. The van der Waals surface area contributed by atoms with E-state index in [4.69, 9.17) is 4.74 Å². The van der Waals surface area contributed by atoms with Crippen molar-refractivity contribution in [2.45, 2.75) is 38.6 Å². The van der Waals surface area contributed by atoms with Gasteiger partial charge in [0.05, 0.1) is 0 Å². The van der Waals surface area contributed by atoms with Gasteiger partial charge < -0.3 is 10.1 Å². The molecule has 0 saturated carbocycles. The third-order valence-corrected chi connectivity index (χ3v) is 3.88. The number of hydrogen-bond donors (Lipinski definition) is 1. The van der Waals surface area contributed by atoms with Gasteiger partial charge in [-0.2, -0.15) is 0 Å². The summed E-state index contributed by atoms with van der Waals surface area (Å²) in [5.74, 6) is 0. The third kappa shape index (κ3) is 5.14. The van der Waals surface area contributed by atoms with E-state index in [1.54, 1.807) is 7.11 Å². The molecular weight excluding hydrogens is 258 g/mol. The van der Waals surface area contributed by atoms with Crippen molar-refractivity contribution < 1.29 is 4.74 Å². The van der Waals surface area contributed by atoms with Gasteiger partial charge >= 0.3 is 0 Å². The first-order valence-electron chi connectivity index (χ1n) is 8.03. The Kier molecular flexibility index (Phi) is 6.71. The molecule has 0 aliphatic heterocycles. The SMILES string of the molecule is CCCNC(CCCOC)Cc1ccc2ccccc2c1. The van der Waals surface area contributed by atoms with E-state index in [-0.39, 0.29) is 0 Å². The molecule has 1 unspecified atom stereocenters. The summed E-state index contributed by atoms with van der Waals surface area (Å²) in [6.07, 6.45) is 4.55. The number of rotatable bonds is 9. The maximum Gasteiger partial charge on any atom is 0.0462 e. The van der Waals surface area contributed by atoms with Gasteiger partial charge in [0, 0.05) is 19.8 Å². The molecule has 0 aliphatic rings. The van der Waals surface area contributed by atoms with E-state index in [0.29, 0.717) is 6.04 Å². The van der Waals surface area contributed by atoms with Gasteiger partial charge in [-0.25, -0.2) is 0 Å². The second kappa shape index (κ2) is 8.81. The van der Waals surface area contributed by atoms with Crippen LogP contribution in [0.5, 0.6) is 0 Å². The number of methoxy groups -OCH3 is 1. The van der Waals surface area contributed by atoms with Gasteiger partial charge in [0.1, 0.15) is 0 Å². The topological polar surface area (TPSA) is 21.3 Å². The summed E-state index contributed by atoms with van der Waals surface area (Å²) >= 11 is 0. The van der Waals surface area contributed by atoms with Gasteiger partial charge in [0.2, 0.25) is 0 Å². The Morgan fingerprint density at radius 3 is 2.67 bits per heavy atom. The highest BCUT2D eigenvalue weighted by atomic mass is 16.5. The minimum Gasteiger partial charge on any atom is -0.385 e. The van der Waals surface area contributed by atoms with Crippen LogP contribution in [0.15, 0.2) is 42.5 Å². The van der Waals surface area contributed by atoms with E-state index in [1.807, 2.05) is 0 Å². The van der Waals surface area contributed by atoms with E-state index in [1.165, 1.54) is 29.2 Å². The van der Waals surface area contributed by atoms with Crippen molar-refractivity contribution in [1.82, 2.24) is 5.32 Å². The maximum absolute atomic E-state index is 5.18. The van der Waals surface area contributed by atoms with Gasteiger partial charge in [-0.3, -0.25) is 0 Å². The number of nitrogens with one attached hydrogen (secondary N) is 1. The monoisotopic (exact) mass is 285 g/mol. The van der Waals surface area contributed by atoms with Gasteiger partial charge in [-0.15, -0.1) is 0 Å². The second-order valence-electron chi connectivity index (χ2n) is 5.67. The van der Waals surface area contributed by atoms with Crippen LogP contribution in [0.1, 0.15) is 31.7 Å². The molecule has 0 bridgehead atoms. The van der Waals surface area contributed by atoms with Crippen LogP contribution in [0.4, 0.5) is 0 Å². The zero-order valence-electron chi connectivity index (χ0n) is 13.3. The molecule has 0 spiro atoms. The van der Waals surface area contributed by atoms with Crippen LogP contribution in [0.25, 0.3) is 10.8 Å². The van der Waals surface area contributed by atoms with Gasteiger partial charge in [-0.1, -0.05) is 49.4 Å². The largest absolute Gasteiger partial charge is 0.385 e. The highest BCUT2D eigenvalue weighted by Gasteiger charge is 2.09. The molecule has 2 heteroatoms. The lowest BCUT2D eigenvalue weighted by Gasteiger charge is -2.19. The Balaban J connectivity index is 2.01. The van der Waals surface area contributed by atoms with E-state index < -0.39 is 0 Å². The fraction of sp³-hybridized carbons (Fsp3) is 0.474. The van der Waals surface area contributed by atoms with E-state index >= 15 is 0 Å². The zero-order chi connectivity index (χ0) is 14.9. The lowest BCUT2D eigenvalue weighted by molar-refractivity contribution is 0.188. The van der Waals surface area contributed by atoms with Crippen LogP contribution in [0.2, 0.25) is 0 Å². The Hall–Kier alpha value is -1.38. The van der Waals surface area contributed by atoms with Crippen molar-refractivity contribution in [2.24, 2.45) is 0 Å². The van der Waals surface area contributed by atoms with Gasteiger partial charge in [0.25, 0.3) is 0 Å². The van der Waals surface area contributed by atoms with E-state index in [2.05, 4.69) is 54.7 Å². The molecule has 1 N–H and O–H groups in total. The van der Waals surface area contributed by atoms with Crippen LogP contribution in [-0.4, -0.2) is 26.3 Å². The smallest absolute Gasteiger partial charge is 0.0462 e. The molecule has 0 aromatic heterocycles. The minimum absolute atomic E-state index is 0.543. The minimum atomic E-state index is 0.543. The molecular formula is C19H27NO. The highest BCUT2D eigenvalue weighted by molar-refractivity contribution is 5.82. The molecule has 2 aromatic rings. The van der Waals surface area contributed by atoms with Gasteiger partial charge in [0.15, 0.2) is 0 Å². The number of hydrogen-bond acceptors (Lipinski definition) is 2. The summed E-state index contributed by atoms with van der Waals surface area (Å²) < 4.78 is 5.18. The molecule has 21 heavy (non-hydrogen) atoms. The molecule has 1 atom stereocenters. The molecule has 2 nitrogen and oxygen atoms in total. The van der Waals surface area contributed by atoms with Crippen LogP contribution in [0.3, 0.4) is 0 Å². The average molecular weight is 285 g/mol. The van der Waals surface area contributed by atoms with E-state index in [0.717, 1.165) is 26.0 Å². The van der Waals surface area contributed by atoms with Crippen molar-refractivity contribution in [1.29, 1.82) is 0 Å². The van der Waals surface area contributed by atoms with E-state index in [9.17, 15) is 0 Å². The Morgan fingerprint density at radius 1 is 1.10 bits per heavy atom. The van der Waals surface area contributed by atoms with Crippen LogP contribution < -0.4 is 5.32 Å². The normalized spacial score (nSPS) is 12.7. The summed E-state index contributed by atoms with van der Waals surface area (Å²) in [5, 5.41) is 6.32. The molecule has 2 rings (SSSR count). The zero-order valence-corrected chi connectivity index (χ0v) is 13.3. The first-order valence-corrected chi connectivity index (χ1v) is 8.03. The van der Waals surface area contributed by atoms with Crippen LogP contribution in [0, 0.1) is 0 Å². The molecule has 0 saturated heterocycles. The van der Waals surface area contributed by atoms with Crippen molar-refractivity contribution in [3.8, 4) is 0 Å². The molecule has 0 aliphatic carbocycles. The van der Waals surface area contributed by atoms with Crippen LogP contribution in [-0.2, 0) is 11.2 Å². The van der Waals surface area contributed by atoms with Crippen molar-refractivity contribution in [3.63, 3.8) is 0 Å². The molecule has 0 amide bonds. The molecule has 2 aromatic carbocycles. The fourth-order valence-corrected chi connectivity index (χ4v) is 2.75. The molecule has 114 valence electrons. The maximum atomic E-state index is 5.18. The Bertz CT molecular complexity index is 538. The lowest BCUT2D eigenvalue weighted by Crippen LogP contribution is -2.32. The molecule has 0 heterocycles. The van der Waals surface area contributed by atoms with Crippen molar-refractivity contribution in [3.05, 3.63) is 48.0 Å². The average Bonchev–Trinajstić information content (AvgIpc) is 2.52. The Morgan fingerprint density at radius 2 is 1.90 bits per heavy atom. The van der Waals surface area contributed by atoms with Crippen molar-refractivity contribution >= 4 is 10.8 Å². The summed E-state index contributed by atoms with van der Waals surface area (Å²) in [5.41, 5.74) is 1.42. The molecule has 0 fully saturated rings. The first-order chi connectivity index (χ1) is 10.3. The fourth-order valence-electron chi connectivity index (χ4n) is 2.75. The third-order valence-electron chi connectivity index (χ3n) is 3.88. The Labute approximate surface area is 128 Å². The predicted octanol–water partition coefficient (Wildman–Crippen LogP) is 4.18. The van der Waals surface area contributed by atoms with Gasteiger partial charge in [-0.05, 0) is 48.6 Å². The summed E-state index contributed by atoms with van der Waals surface area (Å²) in [7, 11) is 1.78. The van der Waals surface area contributed by atoms with Crippen LogP contribution >= 0.6 is 0 Å².